The maximum absolute atomic E-state index is 12.2. The summed E-state index contributed by atoms with van der Waals surface area (Å²) in [6, 6.07) is 1.67. The molecule has 0 bridgehead atoms. The van der Waals surface area contributed by atoms with E-state index < -0.39 is 10.8 Å². The van der Waals surface area contributed by atoms with Crippen molar-refractivity contribution in [3.05, 3.63) is 18.0 Å². The Balaban J connectivity index is 2.82. The van der Waals surface area contributed by atoms with Gasteiger partial charge in [0.15, 0.2) is 11.5 Å². The number of nitrogens with zero attached hydrogens (tertiary/aromatic N) is 1. The number of hydrogen-bond acceptors (Lipinski definition) is 6. The topological polar surface area (TPSA) is 74.7 Å². The minimum absolute atomic E-state index is 0.107. The van der Waals surface area contributed by atoms with E-state index in [4.69, 9.17) is 9.47 Å². The summed E-state index contributed by atoms with van der Waals surface area (Å²) < 4.78 is 27.2. The minimum Gasteiger partial charge on any atom is -0.493 e. The molecule has 0 saturated heterocycles. The highest BCUT2D eigenvalue weighted by Crippen LogP contribution is 2.30. The first-order valence-electron chi connectivity index (χ1n) is 6.03. The smallest absolute Gasteiger partial charge is 0.306 e. The van der Waals surface area contributed by atoms with Crippen molar-refractivity contribution in [3.63, 3.8) is 0 Å². The zero-order valence-electron chi connectivity index (χ0n) is 12.0. The molecule has 0 fully saturated rings. The van der Waals surface area contributed by atoms with Crippen LogP contribution < -0.4 is 9.47 Å². The van der Waals surface area contributed by atoms with Crippen molar-refractivity contribution in [2.75, 3.05) is 21.3 Å². The summed E-state index contributed by atoms with van der Waals surface area (Å²) in [4.78, 5) is 15.4. The molecule has 0 N–H and O–H groups in total. The van der Waals surface area contributed by atoms with Crippen LogP contribution in [0, 0.1) is 0 Å². The number of hydrogen-bond donors (Lipinski definition) is 0. The monoisotopic (exact) mass is 301 g/mol. The molecule has 1 heterocycles. The molecule has 2 atom stereocenters. The van der Waals surface area contributed by atoms with E-state index in [9.17, 15) is 9.00 Å². The molecule has 0 aliphatic rings. The number of pyridine rings is 1. The second-order valence-electron chi connectivity index (χ2n) is 4.11. The largest absolute Gasteiger partial charge is 0.493 e. The predicted molar refractivity (Wildman–Crippen MR) is 75.3 cm³/mol. The molecular weight excluding hydrogens is 282 g/mol. The summed E-state index contributed by atoms with van der Waals surface area (Å²) in [6.07, 6.45) is 1.67. The van der Waals surface area contributed by atoms with Crippen LogP contribution in [0.2, 0.25) is 0 Å². The van der Waals surface area contributed by atoms with E-state index in [0.29, 0.717) is 17.2 Å². The van der Waals surface area contributed by atoms with Gasteiger partial charge in [0.1, 0.15) is 0 Å². The molecule has 1 aromatic heterocycles. The number of rotatable bonds is 7. The van der Waals surface area contributed by atoms with Crippen LogP contribution >= 0.6 is 0 Å². The second-order valence-corrected chi connectivity index (χ2v) is 5.96. The SMILES string of the molecule is COC(=O)CC(C)S(=O)Cc1nccc(OC)c1OC. The van der Waals surface area contributed by atoms with Crippen molar-refractivity contribution >= 4 is 16.8 Å². The van der Waals surface area contributed by atoms with Crippen molar-refractivity contribution in [1.29, 1.82) is 0 Å². The van der Waals surface area contributed by atoms with E-state index in [0.717, 1.165) is 0 Å². The van der Waals surface area contributed by atoms with Crippen LogP contribution in [-0.4, -0.2) is 41.7 Å². The Hall–Kier alpha value is -1.63. The van der Waals surface area contributed by atoms with E-state index in [2.05, 4.69) is 9.72 Å². The Kier molecular flexibility index (Phi) is 6.44. The standard InChI is InChI=1S/C13H19NO5S/c1-9(7-12(15)18-3)20(16)8-10-13(19-4)11(17-2)5-6-14-10/h5-6,9H,7-8H2,1-4H3. The fourth-order valence-electron chi connectivity index (χ4n) is 1.64. The first-order valence-corrected chi connectivity index (χ1v) is 7.41. The van der Waals surface area contributed by atoms with Gasteiger partial charge >= 0.3 is 5.97 Å². The molecule has 112 valence electrons. The maximum atomic E-state index is 12.2. The Morgan fingerprint density at radius 1 is 1.35 bits per heavy atom. The van der Waals surface area contributed by atoms with Crippen LogP contribution in [0.15, 0.2) is 12.3 Å². The van der Waals surface area contributed by atoms with Crippen LogP contribution in [0.1, 0.15) is 19.0 Å². The summed E-state index contributed by atoms with van der Waals surface area (Å²) in [5.74, 6) is 0.818. The third-order valence-electron chi connectivity index (χ3n) is 2.78. The lowest BCUT2D eigenvalue weighted by Crippen LogP contribution is -2.19. The van der Waals surface area contributed by atoms with Crippen LogP contribution in [0.3, 0.4) is 0 Å². The Labute approximate surface area is 120 Å². The van der Waals surface area contributed by atoms with Gasteiger partial charge in [0, 0.05) is 28.3 Å². The Morgan fingerprint density at radius 2 is 2.05 bits per heavy atom. The van der Waals surface area contributed by atoms with Gasteiger partial charge < -0.3 is 14.2 Å². The van der Waals surface area contributed by atoms with Gasteiger partial charge in [-0.2, -0.15) is 0 Å². The van der Waals surface area contributed by atoms with Crippen molar-refractivity contribution in [2.24, 2.45) is 0 Å². The molecule has 7 heteroatoms. The molecule has 0 aromatic carbocycles. The zero-order chi connectivity index (χ0) is 15.1. The number of carbonyl (C=O) groups is 1. The Bertz CT molecular complexity index is 492. The molecule has 2 unspecified atom stereocenters. The zero-order valence-corrected chi connectivity index (χ0v) is 12.9. The van der Waals surface area contributed by atoms with E-state index in [1.54, 1.807) is 19.2 Å². The molecule has 20 heavy (non-hydrogen) atoms. The average molecular weight is 301 g/mol. The van der Waals surface area contributed by atoms with Gasteiger partial charge in [-0.1, -0.05) is 6.92 Å². The van der Waals surface area contributed by atoms with Gasteiger partial charge in [0.25, 0.3) is 0 Å². The van der Waals surface area contributed by atoms with Crippen molar-refractivity contribution in [2.45, 2.75) is 24.3 Å². The normalized spacial score (nSPS) is 13.4. The number of ether oxygens (including phenoxy) is 3. The summed E-state index contributed by atoms with van der Waals surface area (Å²) in [6.45, 7) is 1.74. The summed E-state index contributed by atoms with van der Waals surface area (Å²) in [7, 11) is 3.08. The van der Waals surface area contributed by atoms with E-state index >= 15 is 0 Å². The number of aromatic nitrogens is 1. The third kappa shape index (κ3) is 4.19. The third-order valence-corrected chi connectivity index (χ3v) is 4.40. The summed E-state index contributed by atoms with van der Waals surface area (Å²) in [5.41, 5.74) is 0.543. The number of carbonyl (C=O) groups excluding carboxylic acids is 1. The van der Waals surface area contributed by atoms with Crippen molar-refractivity contribution in [1.82, 2.24) is 4.98 Å². The van der Waals surface area contributed by atoms with Gasteiger partial charge in [0.05, 0.1) is 39.2 Å². The first-order chi connectivity index (χ1) is 9.53. The van der Waals surface area contributed by atoms with Gasteiger partial charge in [-0.15, -0.1) is 0 Å². The van der Waals surface area contributed by atoms with Crippen LogP contribution in [0.25, 0.3) is 0 Å². The lowest BCUT2D eigenvalue weighted by Gasteiger charge is -2.13. The highest BCUT2D eigenvalue weighted by molar-refractivity contribution is 7.84. The molecule has 6 nitrogen and oxygen atoms in total. The minimum atomic E-state index is -1.26. The van der Waals surface area contributed by atoms with Crippen LogP contribution in [0.5, 0.6) is 11.5 Å². The molecule has 1 rings (SSSR count). The molecular formula is C13H19NO5S. The van der Waals surface area contributed by atoms with Crippen molar-refractivity contribution in [3.8, 4) is 11.5 Å². The highest BCUT2D eigenvalue weighted by atomic mass is 32.2. The molecule has 1 aromatic rings. The molecule has 0 amide bonds. The van der Waals surface area contributed by atoms with Crippen molar-refractivity contribution < 1.29 is 23.2 Å². The van der Waals surface area contributed by atoms with Gasteiger partial charge in [-0.25, -0.2) is 0 Å². The van der Waals surface area contributed by atoms with Gasteiger partial charge in [-0.05, 0) is 0 Å². The average Bonchev–Trinajstić information content (AvgIpc) is 2.46. The van der Waals surface area contributed by atoms with Crippen LogP contribution in [0.4, 0.5) is 0 Å². The second kappa shape index (κ2) is 7.84. The summed E-state index contributed by atoms with van der Waals surface area (Å²) in [5, 5.41) is -0.319. The lowest BCUT2D eigenvalue weighted by molar-refractivity contribution is -0.140. The maximum Gasteiger partial charge on any atom is 0.306 e. The Morgan fingerprint density at radius 3 is 2.60 bits per heavy atom. The van der Waals surface area contributed by atoms with E-state index in [1.807, 2.05) is 0 Å². The van der Waals surface area contributed by atoms with Gasteiger partial charge in [0.2, 0.25) is 0 Å². The first kappa shape index (κ1) is 16.4. The molecule has 0 saturated carbocycles. The lowest BCUT2D eigenvalue weighted by atomic mass is 10.3. The molecule has 0 spiro atoms. The summed E-state index contributed by atoms with van der Waals surface area (Å²) >= 11 is 0. The quantitative estimate of drug-likeness (QED) is 0.707. The van der Waals surface area contributed by atoms with E-state index in [-0.39, 0.29) is 23.4 Å². The molecule has 0 radical (unpaired) electrons. The number of methoxy groups -OCH3 is 3. The van der Waals surface area contributed by atoms with Crippen LogP contribution in [-0.2, 0) is 26.1 Å². The fourth-order valence-corrected chi connectivity index (χ4v) is 2.72. The molecule has 0 aliphatic carbocycles. The predicted octanol–water partition coefficient (Wildman–Crippen LogP) is 1.30. The van der Waals surface area contributed by atoms with Gasteiger partial charge in [-0.3, -0.25) is 14.0 Å². The van der Waals surface area contributed by atoms with E-state index in [1.165, 1.54) is 21.3 Å². The number of esters is 1. The highest BCUT2D eigenvalue weighted by Gasteiger charge is 2.20. The molecule has 0 aliphatic heterocycles. The fraction of sp³-hybridized carbons (Fsp3) is 0.538.